The van der Waals surface area contributed by atoms with Crippen LogP contribution in [0.2, 0.25) is 0 Å². The second-order valence-electron chi connectivity index (χ2n) is 5.27. The van der Waals surface area contributed by atoms with Crippen molar-refractivity contribution in [2.45, 2.75) is 19.3 Å². The van der Waals surface area contributed by atoms with Gasteiger partial charge in [-0.2, -0.15) is 18.3 Å². The van der Waals surface area contributed by atoms with Crippen molar-refractivity contribution in [1.29, 1.82) is 0 Å². The van der Waals surface area contributed by atoms with Gasteiger partial charge in [-0.05, 0) is 23.8 Å². The number of nitrogens with one attached hydrogen (secondary N) is 2. The Morgan fingerprint density at radius 3 is 2.40 bits per heavy atom. The van der Waals surface area contributed by atoms with Gasteiger partial charge in [0.05, 0.1) is 12.2 Å². The number of ether oxygens (including phenoxy) is 1. The number of benzene rings is 1. The summed E-state index contributed by atoms with van der Waals surface area (Å²) in [6, 6.07) is 8.32. The Morgan fingerprint density at radius 1 is 1.16 bits per heavy atom. The lowest BCUT2D eigenvalue weighted by atomic mass is 10.2. The highest BCUT2D eigenvalue weighted by atomic mass is 19.4. The molecule has 9 heteroatoms. The zero-order valence-electron chi connectivity index (χ0n) is 14.0. The molecule has 0 radical (unpaired) electrons. The molecule has 1 heterocycles. The van der Waals surface area contributed by atoms with Crippen LogP contribution >= 0.6 is 0 Å². The Hall–Kier alpha value is -2.71. The minimum atomic E-state index is -4.34. The van der Waals surface area contributed by atoms with Crippen LogP contribution < -0.4 is 15.4 Å². The molecular weight excluding hydrogens is 335 g/mol. The summed E-state index contributed by atoms with van der Waals surface area (Å²) >= 11 is 0. The Labute approximate surface area is 143 Å². The Balaban J connectivity index is 1.80. The van der Waals surface area contributed by atoms with Gasteiger partial charge in [0, 0.05) is 26.8 Å². The molecule has 0 aliphatic rings. The number of aliphatic imine (C=N–C) groups is 1. The summed E-state index contributed by atoms with van der Waals surface area (Å²) in [6.07, 6.45) is -2.62. The van der Waals surface area contributed by atoms with Crippen LogP contribution in [0.1, 0.15) is 11.3 Å². The first-order chi connectivity index (χ1) is 11.9. The number of aromatic nitrogens is 2. The molecule has 136 valence electrons. The third-order valence-electron chi connectivity index (χ3n) is 3.37. The predicted molar refractivity (Wildman–Crippen MR) is 88.2 cm³/mol. The maximum Gasteiger partial charge on any atom is 0.422 e. The molecule has 1 aromatic carbocycles. The third-order valence-corrected chi connectivity index (χ3v) is 3.37. The quantitative estimate of drug-likeness (QED) is 0.616. The monoisotopic (exact) mass is 355 g/mol. The first-order valence-electron chi connectivity index (χ1n) is 7.57. The Kier molecular flexibility index (Phi) is 6.26. The van der Waals surface area contributed by atoms with Gasteiger partial charge in [-0.25, -0.2) is 0 Å². The summed E-state index contributed by atoms with van der Waals surface area (Å²) in [7, 11) is 3.52. The highest BCUT2D eigenvalue weighted by Gasteiger charge is 2.28. The zero-order chi connectivity index (χ0) is 18.3. The largest absolute Gasteiger partial charge is 0.484 e. The second kappa shape index (κ2) is 8.41. The first-order valence-corrected chi connectivity index (χ1v) is 7.57. The Morgan fingerprint density at radius 2 is 1.84 bits per heavy atom. The maximum atomic E-state index is 12.1. The molecule has 0 unspecified atom stereocenters. The van der Waals surface area contributed by atoms with Crippen molar-refractivity contribution in [2.24, 2.45) is 12.0 Å². The van der Waals surface area contributed by atoms with Gasteiger partial charge in [0.1, 0.15) is 5.75 Å². The summed E-state index contributed by atoms with van der Waals surface area (Å²) in [5, 5.41) is 10.4. The minimum absolute atomic E-state index is 0.180. The van der Waals surface area contributed by atoms with Crippen LogP contribution in [0.5, 0.6) is 5.75 Å². The van der Waals surface area contributed by atoms with E-state index >= 15 is 0 Å². The molecular formula is C16H20F3N5O. The molecule has 0 aliphatic carbocycles. The van der Waals surface area contributed by atoms with Gasteiger partial charge in [-0.15, -0.1) is 0 Å². The molecule has 25 heavy (non-hydrogen) atoms. The number of halogens is 3. The van der Waals surface area contributed by atoms with Crippen LogP contribution in [-0.2, 0) is 20.1 Å². The van der Waals surface area contributed by atoms with Crippen molar-refractivity contribution in [1.82, 2.24) is 20.4 Å². The highest BCUT2D eigenvalue weighted by molar-refractivity contribution is 5.79. The number of guanidine groups is 1. The molecule has 2 N–H and O–H groups in total. The summed E-state index contributed by atoms with van der Waals surface area (Å²) in [6.45, 7) is -0.250. The summed E-state index contributed by atoms with van der Waals surface area (Å²) in [5.41, 5.74) is 1.90. The molecule has 0 aliphatic heterocycles. The molecule has 2 rings (SSSR count). The summed E-state index contributed by atoms with van der Waals surface area (Å²) in [4.78, 5) is 4.12. The van der Waals surface area contributed by atoms with Gasteiger partial charge in [0.15, 0.2) is 12.6 Å². The third kappa shape index (κ3) is 6.36. The molecule has 0 saturated heterocycles. The van der Waals surface area contributed by atoms with Crippen LogP contribution in [0.3, 0.4) is 0 Å². The lowest BCUT2D eigenvalue weighted by Gasteiger charge is -2.13. The number of hydrogen-bond donors (Lipinski definition) is 2. The van der Waals surface area contributed by atoms with Gasteiger partial charge in [0.25, 0.3) is 0 Å². The number of rotatable bonds is 6. The van der Waals surface area contributed by atoms with Crippen LogP contribution in [0.25, 0.3) is 0 Å². The number of aryl methyl sites for hydroxylation is 1. The number of nitrogens with zero attached hydrogens (tertiary/aromatic N) is 3. The van der Waals surface area contributed by atoms with Crippen molar-refractivity contribution < 1.29 is 17.9 Å². The molecule has 0 saturated carbocycles. The van der Waals surface area contributed by atoms with E-state index in [0.717, 1.165) is 11.3 Å². The van der Waals surface area contributed by atoms with Gasteiger partial charge >= 0.3 is 6.18 Å². The average molecular weight is 355 g/mol. The average Bonchev–Trinajstić information content (AvgIpc) is 2.98. The molecule has 0 bridgehead atoms. The van der Waals surface area contributed by atoms with E-state index in [1.165, 1.54) is 12.1 Å². The summed E-state index contributed by atoms with van der Waals surface area (Å²) in [5.74, 6) is 0.790. The van der Waals surface area contributed by atoms with E-state index in [-0.39, 0.29) is 5.75 Å². The van der Waals surface area contributed by atoms with Crippen molar-refractivity contribution in [3.8, 4) is 5.75 Å². The predicted octanol–water partition coefficient (Wildman–Crippen LogP) is 2.23. The van der Waals surface area contributed by atoms with E-state index in [0.29, 0.717) is 19.0 Å². The topological polar surface area (TPSA) is 63.5 Å². The van der Waals surface area contributed by atoms with E-state index in [9.17, 15) is 13.2 Å². The first kappa shape index (κ1) is 18.6. The lowest BCUT2D eigenvalue weighted by molar-refractivity contribution is -0.153. The Bertz CT molecular complexity index is 695. The SMILES string of the molecule is CN=C(NCc1ccc(OCC(F)(F)F)cc1)NCc1ccnn1C. The second-order valence-corrected chi connectivity index (χ2v) is 5.27. The van der Waals surface area contributed by atoms with Crippen molar-refractivity contribution in [3.63, 3.8) is 0 Å². The van der Waals surface area contributed by atoms with Crippen molar-refractivity contribution in [3.05, 3.63) is 47.8 Å². The van der Waals surface area contributed by atoms with Gasteiger partial charge < -0.3 is 15.4 Å². The van der Waals surface area contributed by atoms with Crippen LogP contribution in [0.4, 0.5) is 13.2 Å². The molecule has 1 aromatic heterocycles. The molecule has 6 nitrogen and oxygen atoms in total. The standard InChI is InChI=1S/C16H20F3N5O/c1-20-15(22-10-13-7-8-23-24(13)2)21-9-12-3-5-14(6-4-12)25-11-16(17,18)19/h3-8H,9-11H2,1-2H3,(H2,20,21,22). The van der Waals surface area contributed by atoms with Crippen LogP contribution in [0, 0.1) is 0 Å². The van der Waals surface area contributed by atoms with Crippen LogP contribution in [0.15, 0.2) is 41.5 Å². The maximum absolute atomic E-state index is 12.1. The fourth-order valence-electron chi connectivity index (χ4n) is 2.02. The lowest BCUT2D eigenvalue weighted by Crippen LogP contribution is -2.36. The van der Waals surface area contributed by atoms with E-state index in [2.05, 4.69) is 25.5 Å². The minimum Gasteiger partial charge on any atom is -0.484 e. The highest BCUT2D eigenvalue weighted by Crippen LogP contribution is 2.18. The normalized spacial score (nSPS) is 12.1. The molecule has 0 atom stereocenters. The van der Waals surface area contributed by atoms with Crippen molar-refractivity contribution in [2.75, 3.05) is 13.7 Å². The molecule has 0 amide bonds. The van der Waals surface area contributed by atoms with Crippen LogP contribution in [-0.4, -0.2) is 35.6 Å². The van der Waals surface area contributed by atoms with Crippen molar-refractivity contribution >= 4 is 5.96 Å². The van der Waals surface area contributed by atoms with Gasteiger partial charge in [0.2, 0.25) is 0 Å². The van der Waals surface area contributed by atoms with E-state index in [1.807, 2.05) is 13.1 Å². The van der Waals surface area contributed by atoms with E-state index < -0.39 is 12.8 Å². The number of hydrogen-bond acceptors (Lipinski definition) is 3. The van der Waals surface area contributed by atoms with E-state index in [4.69, 9.17) is 0 Å². The fraction of sp³-hybridized carbons (Fsp3) is 0.375. The van der Waals surface area contributed by atoms with Gasteiger partial charge in [-0.1, -0.05) is 12.1 Å². The van der Waals surface area contributed by atoms with Gasteiger partial charge in [-0.3, -0.25) is 9.67 Å². The smallest absolute Gasteiger partial charge is 0.422 e. The van der Waals surface area contributed by atoms with E-state index in [1.54, 1.807) is 30.1 Å². The number of alkyl halides is 3. The fourth-order valence-corrected chi connectivity index (χ4v) is 2.02. The summed E-state index contributed by atoms with van der Waals surface area (Å²) < 4.78 is 42.8. The molecule has 0 fully saturated rings. The molecule has 0 spiro atoms. The molecule has 2 aromatic rings. The zero-order valence-corrected chi connectivity index (χ0v) is 14.0.